The summed E-state index contributed by atoms with van der Waals surface area (Å²) in [4.78, 5) is 14.4. The van der Waals surface area contributed by atoms with E-state index in [0.29, 0.717) is 5.25 Å². The van der Waals surface area contributed by atoms with Crippen molar-refractivity contribution in [2.45, 2.75) is 49.3 Å². The Morgan fingerprint density at radius 3 is 2.86 bits per heavy atom. The molecule has 22 heavy (non-hydrogen) atoms. The number of thiophene rings is 1. The Morgan fingerprint density at radius 2 is 2.05 bits per heavy atom. The van der Waals surface area contributed by atoms with E-state index in [-0.39, 0.29) is 0 Å². The number of fused-ring (bicyclic) bond motifs is 3. The molecule has 1 fully saturated rings. The van der Waals surface area contributed by atoms with Gasteiger partial charge in [0, 0.05) is 15.5 Å². The molecular formula is C17H23N3S2. The third-order valence-corrected chi connectivity index (χ3v) is 7.50. The Morgan fingerprint density at radius 1 is 1.23 bits per heavy atom. The van der Waals surface area contributed by atoms with E-state index in [0.717, 1.165) is 5.92 Å². The number of aryl methyl sites for hydroxylation is 1. The van der Waals surface area contributed by atoms with Crippen LogP contribution < -0.4 is 0 Å². The Hall–Kier alpha value is -0.650. The van der Waals surface area contributed by atoms with Gasteiger partial charge in [-0.2, -0.15) is 0 Å². The zero-order valence-electron chi connectivity index (χ0n) is 13.3. The fourth-order valence-corrected chi connectivity index (χ4v) is 6.22. The molecule has 2 aromatic rings. The van der Waals surface area contributed by atoms with E-state index < -0.39 is 0 Å². The van der Waals surface area contributed by atoms with Crippen molar-refractivity contribution >= 4 is 33.3 Å². The Labute approximate surface area is 140 Å². The summed E-state index contributed by atoms with van der Waals surface area (Å²) >= 11 is 3.91. The van der Waals surface area contributed by atoms with Crippen LogP contribution in [-0.2, 0) is 12.8 Å². The minimum atomic E-state index is 0.715. The van der Waals surface area contributed by atoms with Gasteiger partial charge >= 0.3 is 0 Å². The molecule has 0 saturated carbocycles. The first-order valence-electron chi connectivity index (χ1n) is 8.31. The SMILES string of the molecule is CC1CCc2c(sc3ncnc(SC4CCN(C)CC4)c23)C1. The first-order valence-corrected chi connectivity index (χ1v) is 10.0. The molecule has 1 aliphatic heterocycles. The third-order valence-electron chi connectivity index (χ3n) is 5.00. The highest BCUT2D eigenvalue weighted by Crippen LogP contribution is 2.42. The highest BCUT2D eigenvalue weighted by molar-refractivity contribution is 8.00. The molecule has 4 rings (SSSR count). The molecule has 0 N–H and O–H groups in total. The number of aromatic nitrogens is 2. The van der Waals surface area contributed by atoms with Crippen LogP contribution in [-0.4, -0.2) is 40.3 Å². The van der Waals surface area contributed by atoms with Crippen LogP contribution in [0.4, 0.5) is 0 Å². The summed E-state index contributed by atoms with van der Waals surface area (Å²) in [5.74, 6) is 0.818. The molecule has 3 nitrogen and oxygen atoms in total. The number of nitrogens with zero attached hydrogens (tertiary/aromatic N) is 3. The average Bonchev–Trinajstić information content (AvgIpc) is 2.88. The van der Waals surface area contributed by atoms with E-state index in [1.54, 1.807) is 16.8 Å². The molecule has 1 atom stereocenters. The van der Waals surface area contributed by atoms with Crippen molar-refractivity contribution in [3.8, 4) is 0 Å². The summed E-state index contributed by atoms with van der Waals surface area (Å²) in [6.07, 6.45) is 8.07. The van der Waals surface area contributed by atoms with Crippen molar-refractivity contribution < 1.29 is 0 Å². The van der Waals surface area contributed by atoms with Crippen molar-refractivity contribution in [2.75, 3.05) is 20.1 Å². The molecular weight excluding hydrogens is 310 g/mol. The van der Waals surface area contributed by atoms with Crippen LogP contribution in [0.15, 0.2) is 11.4 Å². The van der Waals surface area contributed by atoms with E-state index in [2.05, 4.69) is 28.8 Å². The lowest BCUT2D eigenvalue weighted by molar-refractivity contribution is 0.282. The summed E-state index contributed by atoms with van der Waals surface area (Å²) in [5, 5.41) is 3.34. The van der Waals surface area contributed by atoms with Gasteiger partial charge in [-0.05, 0) is 63.7 Å². The maximum atomic E-state index is 4.66. The molecule has 0 aromatic carbocycles. The summed E-state index contributed by atoms with van der Waals surface area (Å²) in [6.45, 7) is 4.80. The lowest BCUT2D eigenvalue weighted by Gasteiger charge is -2.28. The molecule has 0 spiro atoms. The van der Waals surface area contributed by atoms with Crippen molar-refractivity contribution in [1.82, 2.24) is 14.9 Å². The number of thioether (sulfide) groups is 1. The summed E-state index contributed by atoms with van der Waals surface area (Å²) in [5.41, 5.74) is 1.56. The number of hydrogen-bond donors (Lipinski definition) is 0. The first-order chi connectivity index (χ1) is 10.7. The highest BCUT2D eigenvalue weighted by Gasteiger charge is 2.25. The molecule has 5 heteroatoms. The number of piperidine rings is 1. The van der Waals surface area contributed by atoms with Crippen LogP contribution in [0.25, 0.3) is 10.2 Å². The second kappa shape index (κ2) is 6.10. The fraction of sp³-hybridized carbons (Fsp3) is 0.647. The van der Waals surface area contributed by atoms with Crippen molar-refractivity contribution in [3.05, 3.63) is 16.8 Å². The number of hydrogen-bond acceptors (Lipinski definition) is 5. The Balaban J connectivity index is 1.66. The summed E-state index contributed by atoms with van der Waals surface area (Å²) in [6, 6.07) is 0. The Bertz CT molecular complexity index is 674. The van der Waals surface area contributed by atoms with Gasteiger partial charge in [-0.3, -0.25) is 0 Å². The van der Waals surface area contributed by atoms with Gasteiger partial charge in [0.1, 0.15) is 16.2 Å². The first kappa shape index (κ1) is 14.9. The lowest BCUT2D eigenvalue weighted by Crippen LogP contribution is -2.31. The van der Waals surface area contributed by atoms with Crippen LogP contribution >= 0.6 is 23.1 Å². The van der Waals surface area contributed by atoms with Crippen LogP contribution in [0.5, 0.6) is 0 Å². The molecule has 1 aliphatic carbocycles. The van der Waals surface area contributed by atoms with Crippen molar-refractivity contribution in [2.24, 2.45) is 5.92 Å². The third kappa shape index (κ3) is 2.79. The zero-order chi connectivity index (χ0) is 15.1. The molecule has 2 aromatic heterocycles. The number of likely N-dealkylation sites (tertiary alicyclic amines) is 1. The molecule has 3 heterocycles. The van der Waals surface area contributed by atoms with Gasteiger partial charge in [0.2, 0.25) is 0 Å². The second-order valence-electron chi connectivity index (χ2n) is 6.83. The standard InChI is InChI=1S/C17H23N3S2/c1-11-3-4-13-14(9-11)22-17-15(13)16(18-10-19-17)21-12-5-7-20(2)8-6-12/h10-12H,3-9H2,1-2H3. The lowest BCUT2D eigenvalue weighted by atomic mass is 9.89. The predicted molar refractivity (Wildman–Crippen MR) is 95.0 cm³/mol. The van der Waals surface area contributed by atoms with Gasteiger partial charge in [0.05, 0.1) is 0 Å². The summed E-state index contributed by atoms with van der Waals surface area (Å²) < 4.78 is 0. The van der Waals surface area contributed by atoms with Crippen LogP contribution in [0.3, 0.4) is 0 Å². The highest BCUT2D eigenvalue weighted by atomic mass is 32.2. The quantitative estimate of drug-likeness (QED) is 0.777. The van der Waals surface area contributed by atoms with Gasteiger partial charge in [0.15, 0.2) is 0 Å². The minimum Gasteiger partial charge on any atom is -0.306 e. The largest absolute Gasteiger partial charge is 0.306 e. The predicted octanol–water partition coefficient (Wildman–Crippen LogP) is 4.00. The van der Waals surface area contributed by atoms with Crippen molar-refractivity contribution in [3.63, 3.8) is 0 Å². The van der Waals surface area contributed by atoms with Crippen molar-refractivity contribution in [1.29, 1.82) is 0 Å². The second-order valence-corrected chi connectivity index (χ2v) is 9.20. The van der Waals surface area contributed by atoms with Gasteiger partial charge in [-0.15, -0.1) is 23.1 Å². The van der Waals surface area contributed by atoms with E-state index in [1.165, 1.54) is 60.4 Å². The average molecular weight is 334 g/mol. The van der Waals surface area contributed by atoms with E-state index in [4.69, 9.17) is 0 Å². The topological polar surface area (TPSA) is 29.0 Å². The van der Waals surface area contributed by atoms with Gasteiger partial charge in [-0.1, -0.05) is 6.92 Å². The van der Waals surface area contributed by atoms with E-state index in [9.17, 15) is 0 Å². The molecule has 0 bridgehead atoms. The number of rotatable bonds is 2. The van der Waals surface area contributed by atoms with Crippen LogP contribution in [0, 0.1) is 5.92 Å². The van der Waals surface area contributed by atoms with E-state index >= 15 is 0 Å². The molecule has 2 aliphatic rings. The molecule has 0 amide bonds. The summed E-state index contributed by atoms with van der Waals surface area (Å²) in [7, 11) is 2.22. The van der Waals surface area contributed by atoms with Gasteiger partial charge in [0.25, 0.3) is 0 Å². The smallest absolute Gasteiger partial charge is 0.128 e. The molecule has 1 unspecified atom stereocenters. The maximum absolute atomic E-state index is 4.66. The normalized spacial score (nSPS) is 23.8. The fourth-order valence-electron chi connectivity index (χ4n) is 3.60. The van der Waals surface area contributed by atoms with Gasteiger partial charge < -0.3 is 4.90 Å². The maximum Gasteiger partial charge on any atom is 0.128 e. The molecule has 1 saturated heterocycles. The van der Waals surface area contributed by atoms with Crippen LogP contribution in [0.1, 0.15) is 36.6 Å². The van der Waals surface area contributed by atoms with Crippen LogP contribution in [0.2, 0.25) is 0 Å². The Kier molecular flexibility index (Phi) is 4.13. The monoisotopic (exact) mass is 333 g/mol. The molecule has 0 radical (unpaired) electrons. The van der Waals surface area contributed by atoms with Gasteiger partial charge in [-0.25, -0.2) is 9.97 Å². The zero-order valence-corrected chi connectivity index (χ0v) is 15.0. The minimum absolute atomic E-state index is 0.715. The molecule has 118 valence electrons. The van der Waals surface area contributed by atoms with E-state index in [1.807, 2.05) is 23.1 Å².